The number of hydrogen-bond donors (Lipinski definition) is 0. The van der Waals surface area contributed by atoms with Gasteiger partial charge in [-0.25, -0.2) is 4.98 Å². The quantitative estimate of drug-likeness (QED) is 0.746. The molecule has 2 rings (SSSR count). The van der Waals surface area contributed by atoms with Crippen LogP contribution in [0.5, 0.6) is 5.88 Å². The van der Waals surface area contributed by atoms with Gasteiger partial charge in [-0.1, -0.05) is 20.8 Å². The Labute approximate surface area is 104 Å². The molecule has 0 N–H and O–H groups in total. The number of aromatic nitrogens is 1. The molecule has 1 aliphatic heterocycles. The summed E-state index contributed by atoms with van der Waals surface area (Å²) < 4.78 is 5.44. The lowest BCUT2D eigenvalue weighted by molar-refractivity contribution is 0.305. The highest BCUT2D eigenvalue weighted by Gasteiger charge is 2.24. The highest BCUT2D eigenvalue weighted by molar-refractivity contribution is 5.39. The van der Waals surface area contributed by atoms with Gasteiger partial charge in [-0.15, -0.1) is 0 Å². The summed E-state index contributed by atoms with van der Waals surface area (Å²) in [5.41, 5.74) is 3.83. The minimum atomic E-state index is 0.0728. The molecule has 0 saturated heterocycles. The maximum atomic E-state index is 5.44. The molecular formula is C14H22N2O. The second kappa shape index (κ2) is 4.30. The molecule has 0 bridgehead atoms. The van der Waals surface area contributed by atoms with Crippen LogP contribution in [0.3, 0.4) is 0 Å². The average Bonchev–Trinajstić information content (AvgIpc) is 2.26. The van der Waals surface area contributed by atoms with E-state index in [2.05, 4.69) is 43.8 Å². The Morgan fingerprint density at radius 2 is 2.06 bits per heavy atom. The van der Waals surface area contributed by atoms with E-state index in [1.165, 1.54) is 16.8 Å². The highest BCUT2D eigenvalue weighted by Crippen LogP contribution is 2.32. The van der Waals surface area contributed by atoms with E-state index < -0.39 is 0 Å². The third-order valence-corrected chi connectivity index (χ3v) is 3.33. The highest BCUT2D eigenvalue weighted by atomic mass is 16.5. The van der Waals surface area contributed by atoms with Crippen molar-refractivity contribution in [2.75, 3.05) is 20.7 Å². The molecule has 0 unspecified atom stereocenters. The van der Waals surface area contributed by atoms with E-state index in [-0.39, 0.29) is 5.41 Å². The molecule has 0 fully saturated rings. The van der Waals surface area contributed by atoms with Crippen LogP contribution in [0, 0.1) is 0 Å². The molecule has 94 valence electrons. The number of nitrogens with zero attached hydrogens (tertiary/aromatic N) is 2. The minimum absolute atomic E-state index is 0.0728. The molecule has 0 spiro atoms. The number of hydrogen-bond acceptors (Lipinski definition) is 3. The summed E-state index contributed by atoms with van der Waals surface area (Å²) in [6.07, 6.45) is 1.02. The lowest BCUT2D eigenvalue weighted by Gasteiger charge is -2.28. The smallest absolute Gasteiger partial charge is 0.217 e. The van der Waals surface area contributed by atoms with Crippen LogP contribution in [-0.2, 0) is 18.4 Å². The van der Waals surface area contributed by atoms with Crippen LogP contribution in [0.1, 0.15) is 37.6 Å². The van der Waals surface area contributed by atoms with Crippen molar-refractivity contribution in [2.45, 2.75) is 39.2 Å². The molecule has 17 heavy (non-hydrogen) atoms. The van der Waals surface area contributed by atoms with Gasteiger partial charge in [0.15, 0.2) is 0 Å². The van der Waals surface area contributed by atoms with Gasteiger partial charge in [0.2, 0.25) is 5.88 Å². The predicted molar refractivity (Wildman–Crippen MR) is 69.5 cm³/mol. The third kappa shape index (κ3) is 2.44. The van der Waals surface area contributed by atoms with Gasteiger partial charge in [0.25, 0.3) is 0 Å². The van der Waals surface area contributed by atoms with Gasteiger partial charge >= 0.3 is 0 Å². The summed E-state index contributed by atoms with van der Waals surface area (Å²) >= 11 is 0. The van der Waals surface area contributed by atoms with Crippen LogP contribution >= 0.6 is 0 Å². The van der Waals surface area contributed by atoms with Gasteiger partial charge in [0, 0.05) is 25.1 Å². The summed E-state index contributed by atoms with van der Waals surface area (Å²) in [6.45, 7) is 8.68. The van der Waals surface area contributed by atoms with Crippen molar-refractivity contribution in [1.82, 2.24) is 9.88 Å². The van der Waals surface area contributed by atoms with E-state index in [4.69, 9.17) is 4.74 Å². The molecule has 1 aromatic rings. The van der Waals surface area contributed by atoms with Gasteiger partial charge in [0.1, 0.15) is 0 Å². The Kier molecular flexibility index (Phi) is 3.13. The van der Waals surface area contributed by atoms with Crippen molar-refractivity contribution < 1.29 is 4.74 Å². The van der Waals surface area contributed by atoms with E-state index in [1.54, 1.807) is 7.11 Å². The Balaban J connectivity index is 2.50. The molecule has 0 aliphatic carbocycles. The molecule has 0 amide bonds. The predicted octanol–water partition coefficient (Wildman–Crippen LogP) is 2.38. The molecule has 3 nitrogen and oxygen atoms in total. The Morgan fingerprint density at radius 3 is 2.65 bits per heavy atom. The molecule has 0 aromatic carbocycles. The summed E-state index contributed by atoms with van der Waals surface area (Å²) in [6, 6.07) is 2.27. The zero-order chi connectivity index (χ0) is 12.6. The van der Waals surface area contributed by atoms with Crippen LogP contribution in [0.25, 0.3) is 0 Å². The molecule has 3 heteroatoms. The van der Waals surface area contributed by atoms with Crippen molar-refractivity contribution in [3.63, 3.8) is 0 Å². The van der Waals surface area contributed by atoms with Gasteiger partial charge < -0.3 is 9.64 Å². The first-order valence-corrected chi connectivity index (χ1v) is 6.17. The van der Waals surface area contributed by atoms with Crippen LogP contribution in [0.4, 0.5) is 0 Å². The fourth-order valence-electron chi connectivity index (χ4n) is 2.29. The van der Waals surface area contributed by atoms with Crippen molar-refractivity contribution >= 4 is 0 Å². The van der Waals surface area contributed by atoms with E-state index >= 15 is 0 Å². The minimum Gasteiger partial charge on any atom is -0.481 e. The molecule has 0 saturated carbocycles. The summed E-state index contributed by atoms with van der Waals surface area (Å²) in [4.78, 5) is 7.02. The molecule has 2 heterocycles. The molecular weight excluding hydrogens is 212 g/mol. The second-order valence-corrected chi connectivity index (χ2v) is 5.89. The summed E-state index contributed by atoms with van der Waals surface area (Å²) in [5, 5.41) is 0. The second-order valence-electron chi connectivity index (χ2n) is 5.89. The standard InChI is InChI=1S/C14H22N2O/c1-14(2,3)11-8-10-9-16(4)7-6-12(10)15-13(11)17-5/h8H,6-7,9H2,1-5H3. The zero-order valence-electron chi connectivity index (χ0n) is 11.5. The molecule has 0 atom stereocenters. The lowest BCUT2D eigenvalue weighted by Crippen LogP contribution is -2.28. The van der Waals surface area contributed by atoms with Crippen molar-refractivity contribution in [2.24, 2.45) is 0 Å². The summed E-state index contributed by atoms with van der Waals surface area (Å²) in [5.74, 6) is 0.792. The van der Waals surface area contributed by atoms with Crippen LogP contribution < -0.4 is 4.74 Å². The number of methoxy groups -OCH3 is 1. The average molecular weight is 234 g/mol. The van der Waals surface area contributed by atoms with Crippen molar-refractivity contribution in [3.05, 3.63) is 22.9 Å². The Bertz CT molecular complexity index is 421. The van der Waals surface area contributed by atoms with Crippen molar-refractivity contribution in [1.29, 1.82) is 0 Å². The van der Waals surface area contributed by atoms with E-state index in [0.717, 1.165) is 25.4 Å². The third-order valence-electron chi connectivity index (χ3n) is 3.33. The first-order chi connectivity index (χ1) is 7.91. The fourth-order valence-corrected chi connectivity index (χ4v) is 2.29. The van der Waals surface area contributed by atoms with Crippen LogP contribution in [-0.4, -0.2) is 30.6 Å². The number of likely N-dealkylation sites (N-methyl/N-ethyl adjacent to an activating group) is 1. The topological polar surface area (TPSA) is 25.4 Å². The maximum absolute atomic E-state index is 5.44. The largest absolute Gasteiger partial charge is 0.481 e. The normalized spacial score (nSPS) is 16.8. The van der Waals surface area contributed by atoms with Gasteiger partial charge in [0.05, 0.1) is 12.8 Å². The van der Waals surface area contributed by atoms with E-state index in [1.807, 2.05) is 0 Å². The SMILES string of the molecule is COc1nc2c(cc1C(C)(C)C)CN(C)CC2. The molecule has 1 aromatic heterocycles. The van der Waals surface area contributed by atoms with Crippen LogP contribution in [0.15, 0.2) is 6.07 Å². The monoisotopic (exact) mass is 234 g/mol. The van der Waals surface area contributed by atoms with Crippen molar-refractivity contribution in [3.8, 4) is 5.88 Å². The van der Waals surface area contributed by atoms with Crippen LogP contribution in [0.2, 0.25) is 0 Å². The first kappa shape index (κ1) is 12.4. The van der Waals surface area contributed by atoms with E-state index in [9.17, 15) is 0 Å². The Morgan fingerprint density at radius 1 is 1.35 bits per heavy atom. The fraction of sp³-hybridized carbons (Fsp3) is 0.643. The zero-order valence-corrected chi connectivity index (χ0v) is 11.5. The van der Waals surface area contributed by atoms with Gasteiger partial charge in [-0.05, 0) is 24.1 Å². The van der Waals surface area contributed by atoms with Gasteiger partial charge in [-0.2, -0.15) is 0 Å². The number of ether oxygens (including phenoxy) is 1. The van der Waals surface area contributed by atoms with Gasteiger partial charge in [-0.3, -0.25) is 0 Å². The van der Waals surface area contributed by atoms with E-state index in [0.29, 0.717) is 0 Å². The maximum Gasteiger partial charge on any atom is 0.217 e. The lowest BCUT2D eigenvalue weighted by atomic mass is 9.86. The molecule has 1 aliphatic rings. The number of fused-ring (bicyclic) bond motifs is 1. The Hall–Kier alpha value is -1.09. The molecule has 0 radical (unpaired) electrons. The number of rotatable bonds is 1. The first-order valence-electron chi connectivity index (χ1n) is 6.17. The number of pyridine rings is 1. The summed E-state index contributed by atoms with van der Waals surface area (Å²) in [7, 11) is 3.86.